The molecule has 5 heteroatoms. The Labute approximate surface area is 153 Å². The van der Waals surface area contributed by atoms with Crippen LogP contribution in [0.3, 0.4) is 0 Å². The summed E-state index contributed by atoms with van der Waals surface area (Å²) in [5.74, 6) is 1.01. The van der Waals surface area contributed by atoms with Crippen LogP contribution in [0, 0.1) is 5.92 Å². The zero-order chi connectivity index (χ0) is 17.8. The van der Waals surface area contributed by atoms with Gasteiger partial charge in [-0.1, -0.05) is 6.42 Å². The lowest BCUT2D eigenvalue weighted by Gasteiger charge is -2.40. The molecule has 0 aromatic carbocycles. The zero-order valence-corrected chi connectivity index (χ0v) is 16.5. The van der Waals surface area contributed by atoms with Crippen LogP contribution in [0.15, 0.2) is 0 Å². The quantitative estimate of drug-likeness (QED) is 0.778. The lowest BCUT2D eigenvalue weighted by molar-refractivity contribution is -0.144. The third-order valence-corrected chi connectivity index (χ3v) is 6.17. The maximum atomic E-state index is 12.7. The summed E-state index contributed by atoms with van der Waals surface area (Å²) in [7, 11) is 0. The van der Waals surface area contributed by atoms with Gasteiger partial charge in [0.2, 0.25) is 5.91 Å². The van der Waals surface area contributed by atoms with Crippen LogP contribution in [0.25, 0.3) is 0 Å². The number of amides is 1. The molecule has 0 radical (unpaired) electrons. The van der Waals surface area contributed by atoms with Gasteiger partial charge in [-0.25, -0.2) is 0 Å². The van der Waals surface area contributed by atoms with Gasteiger partial charge in [-0.05, 0) is 65.5 Å². The number of piperidine rings is 2. The number of hydrogen-bond acceptors (Lipinski definition) is 4. The molecule has 0 aliphatic carbocycles. The molecule has 0 saturated carbocycles. The number of rotatable bonds is 4. The Morgan fingerprint density at radius 2 is 1.72 bits per heavy atom. The summed E-state index contributed by atoms with van der Waals surface area (Å²) in [6.07, 6.45) is 6.95. The molecule has 3 aliphatic heterocycles. The SMILES string of the molecule is CC1CN(C(=O)CN2CCCC(CN3CCCCC3C)C2)CC(C)O1. The van der Waals surface area contributed by atoms with Gasteiger partial charge in [0.05, 0.1) is 18.8 Å². The average Bonchev–Trinajstić information content (AvgIpc) is 2.56. The predicted octanol–water partition coefficient (Wildman–Crippen LogP) is 2.21. The third-order valence-electron chi connectivity index (χ3n) is 6.17. The lowest BCUT2D eigenvalue weighted by Crippen LogP contribution is -2.52. The molecule has 3 aliphatic rings. The molecule has 0 spiro atoms. The van der Waals surface area contributed by atoms with Crippen molar-refractivity contribution < 1.29 is 9.53 Å². The van der Waals surface area contributed by atoms with Gasteiger partial charge in [-0.2, -0.15) is 0 Å². The number of carbonyl (C=O) groups is 1. The highest BCUT2D eigenvalue weighted by molar-refractivity contribution is 5.78. The molecule has 0 aromatic rings. The fraction of sp³-hybridized carbons (Fsp3) is 0.950. The second-order valence-electron chi connectivity index (χ2n) is 8.64. The number of hydrogen-bond donors (Lipinski definition) is 0. The van der Waals surface area contributed by atoms with Crippen LogP contribution in [-0.2, 0) is 9.53 Å². The van der Waals surface area contributed by atoms with E-state index in [1.54, 1.807) is 0 Å². The van der Waals surface area contributed by atoms with Crippen LogP contribution < -0.4 is 0 Å². The van der Waals surface area contributed by atoms with Gasteiger partial charge < -0.3 is 14.5 Å². The van der Waals surface area contributed by atoms with Crippen molar-refractivity contribution in [3.8, 4) is 0 Å². The third kappa shape index (κ3) is 5.41. The zero-order valence-electron chi connectivity index (χ0n) is 16.5. The van der Waals surface area contributed by atoms with Crippen molar-refractivity contribution in [1.82, 2.24) is 14.7 Å². The van der Waals surface area contributed by atoms with Gasteiger partial charge in [0.25, 0.3) is 0 Å². The molecule has 5 nitrogen and oxygen atoms in total. The number of ether oxygens (including phenoxy) is 1. The fourth-order valence-electron chi connectivity index (χ4n) is 4.88. The van der Waals surface area contributed by atoms with Gasteiger partial charge in [0.15, 0.2) is 0 Å². The van der Waals surface area contributed by atoms with Crippen LogP contribution in [-0.4, -0.2) is 84.7 Å². The second-order valence-corrected chi connectivity index (χ2v) is 8.64. The topological polar surface area (TPSA) is 36.0 Å². The van der Waals surface area contributed by atoms with Gasteiger partial charge in [-0.15, -0.1) is 0 Å². The molecule has 3 heterocycles. The minimum absolute atomic E-state index is 0.155. The van der Waals surface area contributed by atoms with E-state index in [0.29, 0.717) is 6.54 Å². The van der Waals surface area contributed by atoms with Crippen molar-refractivity contribution in [2.45, 2.75) is 71.1 Å². The van der Waals surface area contributed by atoms with Crippen molar-refractivity contribution in [3.05, 3.63) is 0 Å². The van der Waals surface area contributed by atoms with E-state index in [0.717, 1.165) is 38.1 Å². The highest BCUT2D eigenvalue weighted by Gasteiger charge is 2.30. The Morgan fingerprint density at radius 1 is 0.960 bits per heavy atom. The molecule has 4 atom stereocenters. The molecule has 0 aromatic heterocycles. The predicted molar refractivity (Wildman–Crippen MR) is 101 cm³/mol. The van der Waals surface area contributed by atoms with Crippen molar-refractivity contribution in [3.63, 3.8) is 0 Å². The van der Waals surface area contributed by atoms with Crippen molar-refractivity contribution in [2.75, 3.05) is 45.8 Å². The maximum absolute atomic E-state index is 12.7. The van der Waals surface area contributed by atoms with E-state index < -0.39 is 0 Å². The van der Waals surface area contributed by atoms with E-state index in [9.17, 15) is 4.79 Å². The summed E-state index contributed by atoms with van der Waals surface area (Å²) in [5.41, 5.74) is 0. The van der Waals surface area contributed by atoms with E-state index >= 15 is 0 Å². The Hall–Kier alpha value is -0.650. The summed E-state index contributed by atoms with van der Waals surface area (Å²) in [6.45, 7) is 13.2. The molecular weight excluding hydrogens is 314 g/mol. The first-order valence-corrected chi connectivity index (χ1v) is 10.4. The number of likely N-dealkylation sites (tertiary alicyclic amines) is 2. The second kappa shape index (κ2) is 8.83. The summed E-state index contributed by atoms with van der Waals surface area (Å²) >= 11 is 0. The molecule has 3 saturated heterocycles. The smallest absolute Gasteiger partial charge is 0.236 e. The largest absolute Gasteiger partial charge is 0.372 e. The minimum atomic E-state index is 0.155. The highest BCUT2D eigenvalue weighted by atomic mass is 16.5. The van der Waals surface area contributed by atoms with Crippen molar-refractivity contribution in [2.24, 2.45) is 5.92 Å². The van der Waals surface area contributed by atoms with Crippen LogP contribution in [0.4, 0.5) is 0 Å². The normalized spacial score (nSPS) is 35.7. The summed E-state index contributed by atoms with van der Waals surface area (Å²) in [4.78, 5) is 19.8. The van der Waals surface area contributed by atoms with E-state index in [1.807, 2.05) is 4.90 Å². The Balaban J connectivity index is 1.47. The van der Waals surface area contributed by atoms with Crippen molar-refractivity contribution >= 4 is 5.91 Å². The maximum Gasteiger partial charge on any atom is 0.236 e. The first-order valence-electron chi connectivity index (χ1n) is 10.4. The standard InChI is InChI=1S/C20H37N3O2/c1-16-7-4-5-10-22(16)14-19-8-6-9-21(13-19)15-20(24)23-11-17(2)25-18(3)12-23/h16-19H,4-15H2,1-3H3. The first-order chi connectivity index (χ1) is 12.0. The van der Waals surface area contributed by atoms with Gasteiger partial charge >= 0.3 is 0 Å². The Kier molecular flexibility index (Phi) is 6.75. The molecule has 0 bridgehead atoms. The minimum Gasteiger partial charge on any atom is -0.372 e. The first kappa shape index (κ1) is 19.1. The summed E-state index contributed by atoms with van der Waals surface area (Å²) < 4.78 is 5.76. The average molecular weight is 352 g/mol. The number of morpholine rings is 1. The van der Waals surface area contributed by atoms with Crippen LogP contribution >= 0.6 is 0 Å². The van der Waals surface area contributed by atoms with Gasteiger partial charge in [0, 0.05) is 32.2 Å². The van der Waals surface area contributed by atoms with Crippen LogP contribution in [0.5, 0.6) is 0 Å². The molecule has 1 amide bonds. The van der Waals surface area contributed by atoms with E-state index in [2.05, 4.69) is 30.6 Å². The van der Waals surface area contributed by atoms with Crippen molar-refractivity contribution in [1.29, 1.82) is 0 Å². The Bertz CT molecular complexity index is 435. The molecule has 25 heavy (non-hydrogen) atoms. The number of nitrogens with zero attached hydrogens (tertiary/aromatic N) is 3. The number of carbonyl (C=O) groups excluding carboxylic acids is 1. The van der Waals surface area contributed by atoms with Gasteiger partial charge in [0.1, 0.15) is 0 Å². The lowest BCUT2D eigenvalue weighted by atomic mass is 9.94. The fourth-order valence-corrected chi connectivity index (χ4v) is 4.88. The molecule has 144 valence electrons. The molecule has 3 rings (SSSR count). The van der Waals surface area contributed by atoms with E-state index in [4.69, 9.17) is 4.74 Å². The molecular formula is C20H37N3O2. The van der Waals surface area contributed by atoms with E-state index in [-0.39, 0.29) is 18.1 Å². The molecule has 0 N–H and O–H groups in total. The summed E-state index contributed by atoms with van der Waals surface area (Å²) in [6, 6.07) is 0.738. The summed E-state index contributed by atoms with van der Waals surface area (Å²) in [5, 5.41) is 0. The van der Waals surface area contributed by atoms with Crippen LogP contribution in [0.1, 0.15) is 52.9 Å². The molecule has 4 unspecified atom stereocenters. The Morgan fingerprint density at radius 3 is 2.44 bits per heavy atom. The highest BCUT2D eigenvalue weighted by Crippen LogP contribution is 2.23. The molecule has 3 fully saturated rings. The monoisotopic (exact) mass is 351 g/mol. The van der Waals surface area contributed by atoms with E-state index in [1.165, 1.54) is 45.2 Å². The van der Waals surface area contributed by atoms with Crippen LogP contribution in [0.2, 0.25) is 0 Å². The van der Waals surface area contributed by atoms with Gasteiger partial charge in [-0.3, -0.25) is 9.69 Å².